The zero-order chi connectivity index (χ0) is 19.3. The van der Waals surface area contributed by atoms with E-state index in [4.69, 9.17) is 4.74 Å². The fourth-order valence-corrected chi connectivity index (χ4v) is 4.62. The van der Waals surface area contributed by atoms with Gasteiger partial charge in [-0.15, -0.1) is 0 Å². The minimum absolute atomic E-state index is 0.0903. The Hall–Kier alpha value is -1.90. The number of hydrogen-bond donors (Lipinski definition) is 2. The van der Waals surface area contributed by atoms with Crippen molar-refractivity contribution >= 4 is 26.8 Å². The lowest BCUT2D eigenvalue weighted by Gasteiger charge is -2.30. The number of sulfonamides is 1. The standard InChI is InChI=1S/C19H27N3O4S/c1-26-11-12-27(24,25)21-18(19(23)22-9-5-2-6-10-22)13-15-14-20-17-8-4-3-7-16(15)17/h3-4,7-8,14,18,20-21H,2,5-6,9-13H2,1H3/t18-/m0/s1. The summed E-state index contributed by atoms with van der Waals surface area (Å²) >= 11 is 0. The van der Waals surface area contributed by atoms with Crippen LogP contribution in [0.25, 0.3) is 10.9 Å². The zero-order valence-electron chi connectivity index (χ0n) is 15.6. The van der Waals surface area contributed by atoms with Gasteiger partial charge in [0.15, 0.2) is 0 Å². The number of rotatable bonds is 8. The number of fused-ring (bicyclic) bond motifs is 1. The van der Waals surface area contributed by atoms with Gasteiger partial charge in [-0.2, -0.15) is 0 Å². The molecule has 0 spiro atoms. The molecule has 2 aromatic rings. The first-order chi connectivity index (χ1) is 13.0. The minimum Gasteiger partial charge on any atom is -0.384 e. The third kappa shape index (κ3) is 5.09. The molecule has 1 aliphatic rings. The van der Waals surface area contributed by atoms with E-state index < -0.39 is 16.1 Å². The van der Waals surface area contributed by atoms with Crippen molar-refractivity contribution in [1.29, 1.82) is 0 Å². The van der Waals surface area contributed by atoms with E-state index in [1.165, 1.54) is 7.11 Å². The molecule has 148 valence electrons. The summed E-state index contributed by atoms with van der Waals surface area (Å²) in [5.74, 6) is -0.317. The first-order valence-corrected chi connectivity index (χ1v) is 11.0. The Morgan fingerprint density at radius 3 is 2.74 bits per heavy atom. The van der Waals surface area contributed by atoms with Crippen LogP contribution in [0.4, 0.5) is 0 Å². The highest BCUT2D eigenvalue weighted by Gasteiger charge is 2.30. The monoisotopic (exact) mass is 393 g/mol. The summed E-state index contributed by atoms with van der Waals surface area (Å²) in [6.07, 6.45) is 5.19. The molecule has 7 nitrogen and oxygen atoms in total. The number of aromatic nitrogens is 1. The molecule has 2 N–H and O–H groups in total. The number of aromatic amines is 1. The van der Waals surface area contributed by atoms with Crippen LogP contribution < -0.4 is 4.72 Å². The van der Waals surface area contributed by atoms with Gasteiger partial charge in [0.2, 0.25) is 15.9 Å². The Morgan fingerprint density at radius 1 is 1.26 bits per heavy atom. The molecule has 1 saturated heterocycles. The van der Waals surface area contributed by atoms with Crippen molar-refractivity contribution < 1.29 is 17.9 Å². The van der Waals surface area contributed by atoms with E-state index in [9.17, 15) is 13.2 Å². The van der Waals surface area contributed by atoms with Crippen molar-refractivity contribution in [3.05, 3.63) is 36.0 Å². The number of ether oxygens (including phenoxy) is 1. The first-order valence-electron chi connectivity index (χ1n) is 9.33. The number of benzene rings is 1. The Labute approximate surface area is 160 Å². The van der Waals surface area contributed by atoms with Gasteiger partial charge in [0.25, 0.3) is 0 Å². The lowest BCUT2D eigenvalue weighted by Crippen LogP contribution is -2.51. The summed E-state index contributed by atoms with van der Waals surface area (Å²) in [6.45, 7) is 1.46. The van der Waals surface area contributed by atoms with Crippen LogP contribution in [0.2, 0.25) is 0 Å². The van der Waals surface area contributed by atoms with Gasteiger partial charge < -0.3 is 14.6 Å². The highest BCUT2D eigenvalue weighted by Crippen LogP contribution is 2.20. The number of methoxy groups -OCH3 is 1. The maximum absolute atomic E-state index is 13.1. The predicted molar refractivity (Wildman–Crippen MR) is 105 cm³/mol. The van der Waals surface area contributed by atoms with Crippen LogP contribution in [0, 0.1) is 0 Å². The van der Waals surface area contributed by atoms with Crippen molar-refractivity contribution in [3.63, 3.8) is 0 Å². The topological polar surface area (TPSA) is 91.5 Å². The summed E-state index contributed by atoms with van der Waals surface area (Å²) in [4.78, 5) is 18.0. The number of hydrogen-bond acceptors (Lipinski definition) is 4. The van der Waals surface area contributed by atoms with Gasteiger partial charge in [0.05, 0.1) is 12.4 Å². The summed E-state index contributed by atoms with van der Waals surface area (Å²) in [6, 6.07) is 6.99. The quantitative estimate of drug-likeness (QED) is 0.713. The lowest BCUT2D eigenvalue weighted by atomic mass is 10.0. The minimum atomic E-state index is -3.62. The maximum Gasteiger partial charge on any atom is 0.241 e. The molecule has 3 rings (SSSR count). The van der Waals surface area contributed by atoms with E-state index in [-0.39, 0.29) is 18.3 Å². The van der Waals surface area contributed by atoms with Crippen LogP contribution in [0.3, 0.4) is 0 Å². The van der Waals surface area contributed by atoms with Gasteiger partial charge in [-0.1, -0.05) is 18.2 Å². The molecule has 27 heavy (non-hydrogen) atoms. The maximum atomic E-state index is 13.1. The molecule has 2 heterocycles. The molecular weight excluding hydrogens is 366 g/mol. The third-order valence-corrected chi connectivity index (χ3v) is 6.29. The van der Waals surface area contributed by atoms with Gasteiger partial charge in [-0.05, 0) is 37.3 Å². The number of H-pyrrole nitrogens is 1. The second-order valence-electron chi connectivity index (χ2n) is 6.93. The van der Waals surface area contributed by atoms with Gasteiger partial charge in [0.1, 0.15) is 6.04 Å². The molecule has 0 unspecified atom stereocenters. The van der Waals surface area contributed by atoms with Gasteiger partial charge in [-0.25, -0.2) is 13.1 Å². The second-order valence-corrected chi connectivity index (χ2v) is 8.81. The average Bonchev–Trinajstić information content (AvgIpc) is 3.09. The normalized spacial score (nSPS) is 16.6. The van der Waals surface area contributed by atoms with Crippen LogP contribution in [-0.4, -0.2) is 62.8 Å². The number of carbonyl (C=O) groups is 1. The summed E-state index contributed by atoms with van der Waals surface area (Å²) in [7, 11) is -2.16. The third-order valence-electron chi connectivity index (χ3n) is 4.94. The van der Waals surface area contributed by atoms with Crippen molar-refractivity contribution in [2.75, 3.05) is 32.6 Å². The number of likely N-dealkylation sites (tertiary alicyclic amines) is 1. The Balaban J connectivity index is 1.83. The Bertz CT molecular complexity index is 872. The number of carbonyl (C=O) groups excluding carboxylic acids is 1. The van der Waals surface area contributed by atoms with E-state index in [1.807, 2.05) is 30.5 Å². The summed E-state index contributed by atoms with van der Waals surface area (Å²) in [5.41, 5.74) is 1.90. The molecule has 1 atom stereocenters. The smallest absolute Gasteiger partial charge is 0.241 e. The highest BCUT2D eigenvalue weighted by atomic mass is 32.2. The van der Waals surface area contributed by atoms with Crippen molar-refractivity contribution in [2.45, 2.75) is 31.7 Å². The number of piperidine rings is 1. The van der Waals surface area contributed by atoms with Gasteiger partial charge in [-0.3, -0.25) is 4.79 Å². The van der Waals surface area contributed by atoms with Crippen LogP contribution in [0.5, 0.6) is 0 Å². The molecule has 0 radical (unpaired) electrons. The molecule has 1 amide bonds. The zero-order valence-corrected chi connectivity index (χ0v) is 16.4. The number of para-hydroxylation sites is 1. The first kappa shape index (κ1) is 19.9. The van der Waals surface area contributed by atoms with E-state index >= 15 is 0 Å². The van der Waals surface area contributed by atoms with Gasteiger partial charge >= 0.3 is 0 Å². The molecule has 1 fully saturated rings. The largest absolute Gasteiger partial charge is 0.384 e. The van der Waals surface area contributed by atoms with Crippen molar-refractivity contribution in [2.24, 2.45) is 0 Å². The van der Waals surface area contributed by atoms with Crippen LogP contribution in [-0.2, 0) is 26.0 Å². The van der Waals surface area contributed by atoms with E-state index in [0.717, 1.165) is 35.7 Å². The SMILES string of the molecule is COCCS(=O)(=O)N[C@@H](Cc1c[nH]c2ccccc12)C(=O)N1CCCCC1. The fourth-order valence-electron chi connectivity index (χ4n) is 3.50. The van der Waals surface area contributed by atoms with Crippen LogP contribution >= 0.6 is 0 Å². The van der Waals surface area contributed by atoms with Crippen molar-refractivity contribution in [1.82, 2.24) is 14.6 Å². The van der Waals surface area contributed by atoms with Crippen LogP contribution in [0.15, 0.2) is 30.5 Å². The van der Waals surface area contributed by atoms with E-state index in [2.05, 4.69) is 9.71 Å². The number of amides is 1. The average molecular weight is 394 g/mol. The summed E-state index contributed by atoms with van der Waals surface area (Å²) in [5, 5.41) is 1.00. The molecule has 0 saturated carbocycles. The molecule has 1 aromatic heterocycles. The predicted octanol–water partition coefficient (Wildman–Crippen LogP) is 1.66. The lowest BCUT2D eigenvalue weighted by molar-refractivity contribution is -0.133. The molecule has 0 bridgehead atoms. The second kappa shape index (κ2) is 8.86. The Kier molecular flexibility index (Phi) is 6.51. The fraction of sp³-hybridized carbons (Fsp3) is 0.526. The molecule has 1 aliphatic heterocycles. The number of nitrogens with zero attached hydrogens (tertiary/aromatic N) is 1. The van der Waals surface area contributed by atoms with Crippen LogP contribution in [0.1, 0.15) is 24.8 Å². The molecule has 8 heteroatoms. The summed E-state index contributed by atoms with van der Waals surface area (Å²) < 4.78 is 32.3. The van der Waals surface area contributed by atoms with Crippen molar-refractivity contribution in [3.8, 4) is 0 Å². The van der Waals surface area contributed by atoms with E-state index in [0.29, 0.717) is 19.5 Å². The molecule has 0 aliphatic carbocycles. The molecular formula is C19H27N3O4S. The number of nitrogens with one attached hydrogen (secondary N) is 2. The highest BCUT2D eigenvalue weighted by molar-refractivity contribution is 7.89. The van der Waals surface area contributed by atoms with E-state index in [1.54, 1.807) is 4.90 Å². The molecule has 1 aromatic carbocycles. The van der Waals surface area contributed by atoms with Gasteiger partial charge in [0, 0.05) is 37.3 Å². The Morgan fingerprint density at radius 2 is 2.00 bits per heavy atom.